The van der Waals surface area contributed by atoms with Crippen LogP contribution in [0.1, 0.15) is 54.2 Å². The molecule has 6 heteroatoms. The molecule has 1 amide bonds. The van der Waals surface area contributed by atoms with E-state index in [4.69, 9.17) is 0 Å². The first-order valence-electron chi connectivity index (χ1n) is 7.15. The first-order valence-corrected chi connectivity index (χ1v) is 7.15. The van der Waals surface area contributed by atoms with Crippen LogP contribution in [0.25, 0.3) is 0 Å². The fourth-order valence-corrected chi connectivity index (χ4v) is 2.93. The van der Waals surface area contributed by atoms with E-state index in [2.05, 4.69) is 5.10 Å². The first kappa shape index (κ1) is 13.1. The lowest BCUT2D eigenvalue weighted by atomic mass is 10.0. The normalized spacial score (nSPS) is 22.9. The molecule has 1 saturated carbocycles. The van der Waals surface area contributed by atoms with E-state index >= 15 is 0 Å². The number of carbonyl (C=O) groups is 2. The van der Waals surface area contributed by atoms with Crippen LogP contribution in [-0.2, 0) is 11.8 Å². The van der Waals surface area contributed by atoms with Gasteiger partial charge in [-0.25, -0.2) is 4.79 Å². The first-order chi connectivity index (χ1) is 9.58. The Kier molecular flexibility index (Phi) is 3.23. The number of carboxylic acids is 1. The Hall–Kier alpha value is -1.85. The van der Waals surface area contributed by atoms with Crippen LogP contribution in [0.4, 0.5) is 0 Å². The van der Waals surface area contributed by atoms with Gasteiger partial charge in [0.1, 0.15) is 6.04 Å². The lowest BCUT2D eigenvalue weighted by Crippen LogP contribution is -2.48. The predicted octanol–water partition coefficient (Wildman–Crippen LogP) is 1.38. The lowest BCUT2D eigenvalue weighted by Gasteiger charge is -2.32. The van der Waals surface area contributed by atoms with Crippen LogP contribution in [0, 0.1) is 0 Å². The van der Waals surface area contributed by atoms with Gasteiger partial charge in [-0.1, -0.05) is 0 Å². The molecule has 0 aromatic carbocycles. The Morgan fingerprint density at radius 1 is 1.30 bits per heavy atom. The number of rotatable bonds is 3. The molecule has 1 aliphatic heterocycles. The fourth-order valence-electron chi connectivity index (χ4n) is 2.93. The molecular formula is C14H19N3O3. The van der Waals surface area contributed by atoms with Gasteiger partial charge < -0.3 is 10.0 Å². The summed E-state index contributed by atoms with van der Waals surface area (Å²) in [6.45, 7) is 0.505. The van der Waals surface area contributed by atoms with Gasteiger partial charge in [-0.15, -0.1) is 0 Å². The van der Waals surface area contributed by atoms with Gasteiger partial charge >= 0.3 is 5.97 Å². The van der Waals surface area contributed by atoms with Crippen molar-refractivity contribution in [2.45, 2.75) is 44.1 Å². The number of aryl methyl sites for hydroxylation is 1. The number of carbonyl (C=O) groups excluding carboxylic acids is 1. The second-order valence-corrected chi connectivity index (χ2v) is 5.70. The molecule has 1 atom stereocenters. The number of carboxylic acid groups (broad SMARTS) is 1. The molecule has 1 N–H and O–H groups in total. The molecular weight excluding hydrogens is 258 g/mol. The molecule has 20 heavy (non-hydrogen) atoms. The van der Waals surface area contributed by atoms with Gasteiger partial charge in [0.15, 0.2) is 5.69 Å². The largest absolute Gasteiger partial charge is 0.480 e. The second kappa shape index (κ2) is 4.92. The van der Waals surface area contributed by atoms with E-state index < -0.39 is 12.0 Å². The second-order valence-electron chi connectivity index (χ2n) is 5.70. The number of aliphatic carboxylic acids is 1. The van der Waals surface area contributed by atoms with E-state index in [0.717, 1.165) is 31.4 Å². The van der Waals surface area contributed by atoms with E-state index in [1.165, 1.54) is 4.90 Å². The van der Waals surface area contributed by atoms with Gasteiger partial charge in [0.2, 0.25) is 0 Å². The summed E-state index contributed by atoms with van der Waals surface area (Å²) in [5.74, 6) is -0.651. The maximum Gasteiger partial charge on any atom is 0.326 e. The van der Waals surface area contributed by atoms with Crippen molar-refractivity contribution in [2.24, 2.45) is 7.05 Å². The van der Waals surface area contributed by atoms with Crippen LogP contribution in [0.5, 0.6) is 0 Å². The topological polar surface area (TPSA) is 75.4 Å². The summed E-state index contributed by atoms with van der Waals surface area (Å²) in [6.07, 6.45) is 4.54. The molecule has 2 fully saturated rings. The van der Waals surface area contributed by atoms with Gasteiger partial charge in [0, 0.05) is 25.2 Å². The van der Waals surface area contributed by atoms with Crippen molar-refractivity contribution in [1.82, 2.24) is 14.7 Å². The van der Waals surface area contributed by atoms with Crippen molar-refractivity contribution in [3.05, 3.63) is 17.5 Å². The van der Waals surface area contributed by atoms with E-state index in [-0.39, 0.29) is 5.91 Å². The zero-order valence-electron chi connectivity index (χ0n) is 11.6. The Labute approximate surface area is 117 Å². The monoisotopic (exact) mass is 277 g/mol. The zero-order chi connectivity index (χ0) is 14.3. The molecule has 0 radical (unpaired) electrons. The quantitative estimate of drug-likeness (QED) is 0.905. The average molecular weight is 277 g/mol. The summed E-state index contributed by atoms with van der Waals surface area (Å²) in [5, 5.41) is 13.5. The Morgan fingerprint density at radius 2 is 2.05 bits per heavy atom. The number of likely N-dealkylation sites (tertiary alicyclic amines) is 1. The third kappa shape index (κ3) is 2.30. The Morgan fingerprint density at radius 3 is 2.70 bits per heavy atom. The molecule has 0 spiro atoms. The van der Waals surface area contributed by atoms with Crippen molar-refractivity contribution < 1.29 is 14.7 Å². The minimum Gasteiger partial charge on any atom is -0.480 e. The molecule has 1 aromatic rings. The Bertz CT molecular complexity index is 548. The van der Waals surface area contributed by atoms with Crippen LogP contribution < -0.4 is 0 Å². The van der Waals surface area contributed by atoms with Crippen molar-refractivity contribution in [3.8, 4) is 0 Å². The number of aromatic nitrogens is 2. The van der Waals surface area contributed by atoms with E-state index in [9.17, 15) is 14.7 Å². The third-order valence-corrected chi connectivity index (χ3v) is 4.18. The van der Waals surface area contributed by atoms with Gasteiger partial charge in [-0.2, -0.15) is 5.10 Å². The van der Waals surface area contributed by atoms with Crippen LogP contribution in [0.2, 0.25) is 0 Å². The standard InChI is InChI=1S/C14H19N3O3/c1-16-12(9-5-6-9)8-10(15-16)13(18)17-7-3-2-4-11(17)14(19)20/h8-9,11H,2-7H2,1H3,(H,19,20). The molecule has 2 heterocycles. The third-order valence-electron chi connectivity index (χ3n) is 4.18. The number of piperidine rings is 1. The number of amides is 1. The maximum absolute atomic E-state index is 12.5. The molecule has 1 aliphatic carbocycles. The van der Waals surface area contributed by atoms with Gasteiger partial charge in [-0.3, -0.25) is 9.48 Å². The minimum atomic E-state index is -0.920. The molecule has 3 rings (SSSR count). The highest BCUT2D eigenvalue weighted by molar-refractivity contribution is 5.95. The maximum atomic E-state index is 12.5. The molecule has 1 saturated heterocycles. The van der Waals surface area contributed by atoms with Crippen LogP contribution in [0.15, 0.2) is 6.07 Å². The van der Waals surface area contributed by atoms with Crippen LogP contribution in [0.3, 0.4) is 0 Å². The number of nitrogens with zero attached hydrogens (tertiary/aromatic N) is 3. The molecule has 108 valence electrons. The van der Waals surface area contributed by atoms with Crippen molar-refractivity contribution in [2.75, 3.05) is 6.54 Å². The summed E-state index contributed by atoms with van der Waals surface area (Å²) in [7, 11) is 1.84. The predicted molar refractivity (Wildman–Crippen MR) is 71.5 cm³/mol. The highest BCUT2D eigenvalue weighted by Crippen LogP contribution is 2.40. The van der Waals surface area contributed by atoms with Crippen LogP contribution >= 0.6 is 0 Å². The summed E-state index contributed by atoms with van der Waals surface area (Å²) in [4.78, 5) is 25.2. The summed E-state index contributed by atoms with van der Waals surface area (Å²) < 4.78 is 1.75. The zero-order valence-corrected chi connectivity index (χ0v) is 11.6. The molecule has 0 bridgehead atoms. The Balaban J connectivity index is 1.83. The van der Waals surface area contributed by atoms with Gasteiger partial charge in [0.05, 0.1) is 0 Å². The molecule has 6 nitrogen and oxygen atoms in total. The van der Waals surface area contributed by atoms with Crippen molar-refractivity contribution in [1.29, 1.82) is 0 Å². The fraction of sp³-hybridized carbons (Fsp3) is 0.643. The van der Waals surface area contributed by atoms with Crippen LogP contribution in [-0.4, -0.2) is 44.3 Å². The average Bonchev–Trinajstić information content (AvgIpc) is 3.21. The molecule has 1 unspecified atom stereocenters. The van der Waals surface area contributed by atoms with Gasteiger partial charge in [0.25, 0.3) is 5.91 Å². The number of hydrogen-bond donors (Lipinski definition) is 1. The lowest BCUT2D eigenvalue weighted by molar-refractivity contribution is -0.143. The molecule has 2 aliphatic rings. The number of hydrogen-bond acceptors (Lipinski definition) is 3. The minimum absolute atomic E-state index is 0.250. The van der Waals surface area contributed by atoms with Crippen molar-refractivity contribution in [3.63, 3.8) is 0 Å². The highest BCUT2D eigenvalue weighted by Gasteiger charge is 2.35. The van der Waals surface area contributed by atoms with E-state index in [0.29, 0.717) is 24.6 Å². The SMILES string of the molecule is Cn1nc(C(=O)N2CCCCC2C(=O)O)cc1C1CC1. The summed E-state index contributed by atoms with van der Waals surface area (Å²) in [5.41, 5.74) is 1.46. The smallest absolute Gasteiger partial charge is 0.326 e. The highest BCUT2D eigenvalue weighted by atomic mass is 16.4. The van der Waals surface area contributed by atoms with E-state index in [1.54, 1.807) is 4.68 Å². The van der Waals surface area contributed by atoms with Crippen molar-refractivity contribution >= 4 is 11.9 Å². The van der Waals surface area contributed by atoms with Gasteiger partial charge in [-0.05, 0) is 38.2 Å². The van der Waals surface area contributed by atoms with E-state index in [1.807, 2.05) is 13.1 Å². The molecule has 1 aromatic heterocycles. The summed E-state index contributed by atoms with van der Waals surface area (Å²) in [6, 6.07) is 1.12. The summed E-state index contributed by atoms with van der Waals surface area (Å²) >= 11 is 0.